The minimum atomic E-state index is -0.309. The highest BCUT2D eigenvalue weighted by Gasteiger charge is 2.23. The van der Waals surface area contributed by atoms with Crippen LogP contribution in [0.4, 0.5) is 0 Å². The zero-order valence-corrected chi connectivity index (χ0v) is 17.6. The lowest BCUT2D eigenvalue weighted by molar-refractivity contribution is 0.0321. The second kappa shape index (κ2) is 9.88. The molecule has 0 spiro atoms. The molecule has 0 saturated carbocycles. The molecule has 0 unspecified atom stereocenters. The molecule has 2 N–H and O–H groups in total. The Morgan fingerprint density at radius 2 is 1.76 bits per heavy atom. The van der Waals surface area contributed by atoms with Gasteiger partial charge in [0.2, 0.25) is 5.91 Å². The standard InChI is InChI=1S/C24H35N3O2/c25-24(28)22-7-6-21(18-23(22)20-4-2-1-3-5-20)19-8-10-26(11-9-19)12-13-27-14-16-29-17-15-27/h4,6-7,18-19H,1-3,5,8-17H2,(H2,25,28). The average Bonchev–Trinajstić information content (AvgIpc) is 2.79. The van der Waals surface area contributed by atoms with Crippen molar-refractivity contribution in [1.82, 2.24) is 9.80 Å². The number of ether oxygens (including phenoxy) is 1. The van der Waals surface area contributed by atoms with Crippen molar-refractivity contribution < 1.29 is 9.53 Å². The van der Waals surface area contributed by atoms with E-state index in [2.05, 4.69) is 28.0 Å². The van der Waals surface area contributed by atoms with Gasteiger partial charge in [-0.25, -0.2) is 0 Å². The van der Waals surface area contributed by atoms with Crippen molar-refractivity contribution in [2.45, 2.75) is 44.4 Å². The molecule has 5 nitrogen and oxygen atoms in total. The van der Waals surface area contributed by atoms with E-state index in [9.17, 15) is 4.79 Å². The Bertz CT molecular complexity index is 732. The number of hydrogen-bond donors (Lipinski definition) is 1. The molecule has 29 heavy (non-hydrogen) atoms. The zero-order valence-electron chi connectivity index (χ0n) is 17.6. The molecule has 0 bridgehead atoms. The van der Waals surface area contributed by atoms with Gasteiger partial charge in [0.25, 0.3) is 0 Å². The van der Waals surface area contributed by atoms with Gasteiger partial charge in [-0.15, -0.1) is 0 Å². The van der Waals surface area contributed by atoms with Crippen molar-refractivity contribution >= 4 is 11.5 Å². The van der Waals surface area contributed by atoms with Gasteiger partial charge in [-0.1, -0.05) is 18.2 Å². The van der Waals surface area contributed by atoms with Gasteiger partial charge in [0.05, 0.1) is 13.2 Å². The van der Waals surface area contributed by atoms with E-state index in [1.165, 1.54) is 36.8 Å². The van der Waals surface area contributed by atoms with Crippen molar-refractivity contribution in [2.24, 2.45) is 5.73 Å². The Morgan fingerprint density at radius 1 is 1.03 bits per heavy atom. The average molecular weight is 398 g/mol. The van der Waals surface area contributed by atoms with Gasteiger partial charge in [0.1, 0.15) is 0 Å². The summed E-state index contributed by atoms with van der Waals surface area (Å²) in [7, 11) is 0. The Hall–Kier alpha value is -1.69. The molecular weight excluding hydrogens is 362 g/mol. The number of piperidine rings is 1. The quantitative estimate of drug-likeness (QED) is 0.800. The van der Waals surface area contributed by atoms with E-state index < -0.39 is 0 Å². The third-order valence-corrected chi connectivity index (χ3v) is 6.84. The molecule has 0 atom stereocenters. The van der Waals surface area contributed by atoms with Gasteiger partial charge in [-0.2, -0.15) is 0 Å². The summed E-state index contributed by atoms with van der Waals surface area (Å²) in [4.78, 5) is 17.1. The predicted octanol–water partition coefficient (Wildman–Crippen LogP) is 3.25. The van der Waals surface area contributed by atoms with Gasteiger partial charge in [0.15, 0.2) is 0 Å². The molecule has 3 aliphatic rings. The van der Waals surface area contributed by atoms with Gasteiger partial charge >= 0.3 is 0 Å². The van der Waals surface area contributed by atoms with E-state index in [4.69, 9.17) is 10.5 Å². The molecular formula is C24H35N3O2. The lowest BCUT2D eigenvalue weighted by atomic mass is 9.84. The third-order valence-electron chi connectivity index (χ3n) is 6.84. The summed E-state index contributed by atoms with van der Waals surface area (Å²) >= 11 is 0. The summed E-state index contributed by atoms with van der Waals surface area (Å²) in [5.74, 6) is 0.274. The Balaban J connectivity index is 1.37. The molecule has 1 aromatic carbocycles. The number of carbonyl (C=O) groups is 1. The van der Waals surface area contributed by atoms with Crippen LogP contribution in [0.2, 0.25) is 0 Å². The SMILES string of the molecule is NC(=O)c1ccc(C2CCN(CCN3CCOCC3)CC2)cc1C1=CCCCC1. The number of primary amides is 1. The lowest BCUT2D eigenvalue weighted by Gasteiger charge is -2.35. The van der Waals surface area contributed by atoms with Crippen molar-refractivity contribution in [3.8, 4) is 0 Å². The van der Waals surface area contributed by atoms with Crippen LogP contribution in [-0.2, 0) is 4.74 Å². The summed E-state index contributed by atoms with van der Waals surface area (Å²) < 4.78 is 5.44. The van der Waals surface area contributed by atoms with Gasteiger partial charge in [-0.3, -0.25) is 9.69 Å². The Labute approximate surface area is 174 Å². The first-order valence-electron chi connectivity index (χ1n) is 11.4. The van der Waals surface area contributed by atoms with Gasteiger partial charge in [-0.05, 0) is 80.3 Å². The lowest BCUT2D eigenvalue weighted by Crippen LogP contribution is -2.43. The summed E-state index contributed by atoms with van der Waals surface area (Å²) in [5, 5.41) is 0. The number of carbonyl (C=O) groups excluding carboxylic acids is 1. The number of morpholine rings is 1. The van der Waals surface area contributed by atoms with Crippen molar-refractivity contribution in [3.63, 3.8) is 0 Å². The molecule has 2 heterocycles. The predicted molar refractivity (Wildman–Crippen MR) is 117 cm³/mol. The monoisotopic (exact) mass is 397 g/mol. The van der Waals surface area contributed by atoms with E-state index in [0.717, 1.165) is 70.9 Å². The number of likely N-dealkylation sites (tertiary alicyclic amines) is 1. The molecule has 5 heteroatoms. The molecule has 2 fully saturated rings. The van der Waals surface area contributed by atoms with Crippen LogP contribution in [0.1, 0.15) is 65.9 Å². The normalized spacial score (nSPS) is 22.4. The van der Waals surface area contributed by atoms with Crippen molar-refractivity contribution in [1.29, 1.82) is 0 Å². The number of nitrogens with zero attached hydrogens (tertiary/aromatic N) is 2. The molecule has 0 radical (unpaired) electrons. The van der Waals surface area contributed by atoms with Crippen molar-refractivity contribution in [2.75, 3.05) is 52.5 Å². The number of nitrogens with two attached hydrogens (primary N) is 1. The molecule has 4 rings (SSSR count). The Morgan fingerprint density at radius 3 is 2.41 bits per heavy atom. The maximum absolute atomic E-state index is 12.0. The van der Waals surface area contributed by atoms with E-state index >= 15 is 0 Å². The second-order valence-electron chi connectivity index (χ2n) is 8.71. The zero-order chi connectivity index (χ0) is 20.1. The first kappa shape index (κ1) is 20.6. The fourth-order valence-electron chi connectivity index (χ4n) is 4.98. The molecule has 2 aliphatic heterocycles. The van der Waals surface area contributed by atoms with Gasteiger partial charge < -0.3 is 15.4 Å². The van der Waals surface area contributed by atoms with Crippen LogP contribution in [0.5, 0.6) is 0 Å². The highest BCUT2D eigenvalue weighted by atomic mass is 16.5. The number of rotatable bonds is 6. The summed E-state index contributed by atoms with van der Waals surface area (Å²) in [6.07, 6.45) is 9.31. The maximum Gasteiger partial charge on any atom is 0.249 e. The van der Waals surface area contributed by atoms with Crippen molar-refractivity contribution in [3.05, 3.63) is 41.0 Å². The second-order valence-corrected chi connectivity index (χ2v) is 8.71. The van der Waals surface area contributed by atoms with E-state index in [1.54, 1.807) is 0 Å². The van der Waals surface area contributed by atoms with Crippen LogP contribution in [0.25, 0.3) is 5.57 Å². The van der Waals surface area contributed by atoms with Crippen LogP contribution in [0.3, 0.4) is 0 Å². The van der Waals surface area contributed by atoms with Crippen LogP contribution in [0, 0.1) is 0 Å². The molecule has 158 valence electrons. The molecule has 2 saturated heterocycles. The number of amides is 1. The van der Waals surface area contributed by atoms with Crippen LogP contribution in [-0.4, -0.2) is 68.2 Å². The number of hydrogen-bond acceptors (Lipinski definition) is 4. The number of benzene rings is 1. The smallest absolute Gasteiger partial charge is 0.249 e. The first-order chi connectivity index (χ1) is 14.2. The largest absolute Gasteiger partial charge is 0.379 e. The minimum absolute atomic E-state index is 0.309. The Kier molecular flexibility index (Phi) is 7.01. The summed E-state index contributed by atoms with van der Waals surface area (Å²) in [6, 6.07) is 6.37. The highest BCUT2D eigenvalue weighted by Crippen LogP contribution is 2.34. The van der Waals surface area contributed by atoms with E-state index in [0.29, 0.717) is 11.5 Å². The maximum atomic E-state index is 12.0. The minimum Gasteiger partial charge on any atom is -0.379 e. The van der Waals surface area contributed by atoms with Crippen LogP contribution in [0.15, 0.2) is 24.3 Å². The van der Waals surface area contributed by atoms with E-state index in [1.807, 2.05) is 6.07 Å². The molecule has 1 aliphatic carbocycles. The highest BCUT2D eigenvalue weighted by molar-refractivity contribution is 5.98. The fourth-order valence-corrected chi connectivity index (χ4v) is 4.98. The molecule has 1 amide bonds. The third kappa shape index (κ3) is 5.27. The first-order valence-corrected chi connectivity index (χ1v) is 11.4. The van der Waals surface area contributed by atoms with Crippen LogP contribution < -0.4 is 5.73 Å². The number of allylic oxidation sites excluding steroid dienone is 2. The van der Waals surface area contributed by atoms with Gasteiger partial charge in [0, 0.05) is 31.7 Å². The van der Waals surface area contributed by atoms with E-state index in [-0.39, 0.29) is 5.91 Å². The molecule has 1 aromatic rings. The summed E-state index contributed by atoms with van der Waals surface area (Å²) in [6.45, 7) is 8.52. The summed E-state index contributed by atoms with van der Waals surface area (Å²) in [5.41, 5.74) is 10.1. The van der Waals surface area contributed by atoms with Crippen LogP contribution >= 0.6 is 0 Å². The topological polar surface area (TPSA) is 58.8 Å². The molecule has 0 aromatic heterocycles. The fraction of sp³-hybridized carbons (Fsp3) is 0.625.